The Morgan fingerprint density at radius 3 is 2.70 bits per heavy atom. The average Bonchev–Trinajstić information content (AvgIpc) is 2.46. The molecule has 0 aliphatic heterocycles. The van der Waals surface area contributed by atoms with Crippen molar-refractivity contribution in [1.82, 2.24) is 9.97 Å². The van der Waals surface area contributed by atoms with Gasteiger partial charge in [-0.25, -0.2) is 9.78 Å². The summed E-state index contributed by atoms with van der Waals surface area (Å²) in [6.07, 6.45) is -0.421. The van der Waals surface area contributed by atoms with Gasteiger partial charge < -0.3 is 26.2 Å². The highest BCUT2D eigenvalue weighted by Gasteiger charge is 2.07. The van der Waals surface area contributed by atoms with Crippen LogP contribution in [0.15, 0.2) is 40.3 Å². The molecule has 2 rings (SSSR count). The van der Waals surface area contributed by atoms with Gasteiger partial charge >= 0.3 is 5.97 Å². The van der Waals surface area contributed by atoms with Gasteiger partial charge in [-0.3, -0.25) is 4.79 Å². The summed E-state index contributed by atoms with van der Waals surface area (Å²) in [5.41, 5.74) is 5.95. The molecule has 6 N–H and O–H groups in total. The molecule has 0 fully saturated rings. The highest BCUT2D eigenvalue weighted by atomic mass is 32.2. The Morgan fingerprint density at radius 1 is 1.39 bits per heavy atom. The van der Waals surface area contributed by atoms with Crippen molar-refractivity contribution in [2.45, 2.75) is 17.8 Å². The number of carboxylic acids is 1. The first-order valence-electron chi connectivity index (χ1n) is 6.71. The number of carbonyl (C=O) groups is 1. The van der Waals surface area contributed by atoms with Crippen LogP contribution in [0.4, 0.5) is 11.5 Å². The summed E-state index contributed by atoms with van der Waals surface area (Å²) in [6, 6.07) is 7.26. The number of aromatic carboxylic acids is 1. The number of aromatic nitrogens is 2. The van der Waals surface area contributed by atoms with E-state index in [9.17, 15) is 14.7 Å². The molecule has 0 saturated carbocycles. The first-order chi connectivity index (χ1) is 10.9. The van der Waals surface area contributed by atoms with Gasteiger partial charge in [0.2, 0.25) is 0 Å². The van der Waals surface area contributed by atoms with E-state index in [4.69, 9.17) is 10.8 Å². The highest BCUT2D eigenvalue weighted by molar-refractivity contribution is 7.99. The molecule has 0 radical (unpaired) electrons. The van der Waals surface area contributed by atoms with Gasteiger partial charge in [-0.2, -0.15) is 0 Å². The van der Waals surface area contributed by atoms with Crippen molar-refractivity contribution in [1.29, 1.82) is 0 Å². The smallest absolute Gasteiger partial charge is 0.335 e. The number of rotatable bonds is 7. The topological polar surface area (TPSA) is 141 Å². The van der Waals surface area contributed by atoms with Crippen LogP contribution in [-0.4, -0.2) is 38.1 Å². The lowest BCUT2D eigenvalue weighted by Crippen LogP contribution is -2.19. The third-order valence-corrected chi connectivity index (χ3v) is 3.74. The van der Waals surface area contributed by atoms with Crippen LogP contribution in [0.2, 0.25) is 0 Å². The highest BCUT2D eigenvalue weighted by Crippen LogP contribution is 2.16. The molecule has 0 amide bonds. The zero-order valence-corrected chi connectivity index (χ0v) is 12.8. The van der Waals surface area contributed by atoms with Gasteiger partial charge in [-0.1, -0.05) is 11.8 Å². The molecule has 0 saturated heterocycles. The van der Waals surface area contributed by atoms with Crippen molar-refractivity contribution in [3.63, 3.8) is 0 Å². The largest absolute Gasteiger partial charge is 0.478 e. The number of anilines is 2. The molecule has 1 atom stereocenters. The maximum absolute atomic E-state index is 11.2. The number of hydrogen-bond acceptors (Lipinski definition) is 7. The number of H-pyrrole nitrogens is 1. The first kappa shape index (κ1) is 16.8. The van der Waals surface area contributed by atoms with Crippen LogP contribution >= 0.6 is 11.8 Å². The maximum Gasteiger partial charge on any atom is 0.335 e. The fourth-order valence-electron chi connectivity index (χ4n) is 1.76. The summed E-state index contributed by atoms with van der Waals surface area (Å²) < 4.78 is 0. The van der Waals surface area contributed by atoms with Crippen molar-refractivity contribution in [2.75, 3.05) is 16.8 Å². The lowest BCUT2D eigenvalue weighted by molar-refractivity contribution is 0.0697. The second-order valence-corrected chi connectivity index (χ2v) is 5.74. The third-order valence-electron chi connectivity index (χ3n) is 2.83. The van der Waals surface area contributed by atoms with Crippen molar-refractivity contribution < 1.29 is 15.0 Å². The molecule has 1 unspecified atom stereocenters. The number of aromatic amines is 1. The van der Waals surface area contributed by atoms with Crippen molar-refractivity contribution >= 4 is 29.2 Å². The monoisotopic (exact) mass is 336 g/mol. The molecule has 1 heterocycles. The van der Waals surface area contributed by atoms with E-state index in [0.29, 0.717) is 23.0 Å². The van der Waals surface area contributed by atoms with Crippen LogP contribution in [0.3, 0.4) is 0 Å². The molecular weight excluding hydrogens is 320 g/mol. The van der Waals surface area contributed by atoms with Crippen LogP contribution in [0, 0.1) is 0 Å². The van der Waals surface area contributed by atoms with Gasteiger partial charge in [0.05, 0.1) is 5.56 Å². The van der Waals surface area contributed by atoms with E-state index >= 15 is 0 Å². The molecule has 2 aromatic rings. The van der Waals surface area contributed by atoms with Crippen LogP contribution in [0.25, 0.3) is 0 Å². The number of carboxylic acid groups (broad SMARTS) is 1. The molecule has 0 aliphatic rings. The van der Waals surface area contributed by atoms with Gasteiger partial charge in [0, 0.05) is 23.9 Å². The minimum atomic E-state index is -1.00. The molecule has 8 nitrogen and oxygen atoms in total. The van der Waals surface area contributed by atoms with Gasteiger partial charge in [0.25, 0.3) is 5.56 Å². The lowest BCUT2D eigenvalue weighted by Gasteiger charge is -2.13. The van der Waals surface area contributed by atoms with Gasteiger partial charge in [0.15, 0.2) is 5.16 Å². The van der Waals surface area contributed by atoms with E-state index in [2.05, 4.69) is 15.3 Å². The van der Waals surface area contributed by atoms with E-state index in [1.165, 1.54) is 30.0 Å². The number of benzene rings is 1. The van der Waals surface area contributed by atoms with E-state index in [0.717, 1.165) is 0 Å². The Balaban J connectivity index is 1.81. The lowest BCUT2D eigenvalue weighted by atomic mass is 10.2. The summed E-state index contributed by atoms with van der Waals surface area (Å²) in [4.78, 5) is 28.5. The molecular formula is C14H16N4O4S. The summed E-state index contributed by atoms with van der Waals surface area (Å²) in [6.45, 7) is 0. The zero-order valence-electron chi connectivity index (χ0n) is 12.0. The molecule has 1 aromatic heterocycles. The van der Waals surface area contributed by atoms with Gasteiger partial charge in [0.1, 0.15) is 12.0 Å². The molecule has 0 spiro atoms. The van der Waals surface area contributed by atoms with E-state index in [-0.39, 0.29) is 16.9 Å². The van der Waals surface area contributed by atoms with E-state index in [1.54, 1.807) is 12.1 Å². The Bertz CT molecular complexity index is 732. The molecule has 1 aromatic carbocycles. The Morgan fingerprint density at radius 2 is 2.09 bits per heavy atom. The quantitative estimate of drug-likeness (QED) is 0.286. The number of nitrogen functional groups attached to an aromatic ring is 1. The number of hydrogen-bond donors (Lipinski definition) is 5. The van der Waals surface area contributed by atoms with Crippen molar-refractivity contribution in [2.24, 2.45) is 0 Å². The predicted octanol–water partition coefficient (Wildman–Crippen LogP) is 0.963. The average molecular weight is 336 g/mol. The van der Waals surface area contributed by atoms with Gasteiger partial charge in [-0.15, -0.1) is 0 Å². The second-order valence-electron chi connectivity index (χ2n) is 4.66. The molecule has 0 aliphatic carbocycles. The predicted molar refractivity (Wildman–Crippen MR) is 87.6 cm³/mol. The number of thioether (sulfide) groups is 1. The molecule has 23 heavy (non-hydrogen) atoms. The minimum absolute atomic E-state index is 0.147. The number of aliphatic hydroxyl groups excluding tert-OH is 1. The van der Waals surface area contributed by atoms with Crippen LogP contribution in [0.1, 0.15) is 16.8 Å². The van der Waals surface area contributed by atoms with Crippen LogP contribution < -0.4 is 16.6 Å². The first-order valence-corrected chi connectivity index (χ1v) is 7.70. The normalized spacial score (nSPS) is 11.9. The van der Waals surface area contributed by atoms with Gasteiger partial charge in [-0.05, 0) is 24.3 Å². The number of nitrogens with one attached hydrogen (secondary N) is 2. The number of nitrogens with two attached hydrogens (primary N) is 1. The summed E-state index contributed by atoms with van der Waals surface area (Å²) >= 11 is 1.27. The van der Waals surface area contributed by atoms with Crippen LogP contribution in [0.5, 0.6) is 0 Å². The zero-order chi connectivity index (χ0) is 16.8. The summed E-state index contributed by atoms with van der Waals surface area (Å²) in [5.74, 6) is -0.348. The van der Waals surface area contributed by atoms with Crippen molar-refractivity contribution in [3.8, 4) is 0 Å². The fraction of sp³-hybridized carbons (Fsp3) is 0.214. The standard InChI is InChI=1S/C14H16N4O4S/c15-10-7-12(20)18-14(17-10)23-6-5-11(19)16-9-3-1-8(2-4-9)13(21)22/h1-4,7,11,16,19H,5-6H2,(H,21,22)(H3,15,17,18,20). The Labute approximate surface area is 135 Å². The molecule has 0 bridgehead atoms. The fourth-order valence-corrected chi connectivity index (χ4v) is 2.64. The van der Waals surface area contributed by atoms with Crippen molar-refractivity contribution in [3.05, 3.63) is 46.2 Å². The summed E-state index contributed by atoms with van der Waals surface area (Å²) in [7, 11) is 0. The molecule has 122 valence electrons. The SMILES string of the molecule is Nc1cc(=O)[nH]c(SCCC(O)Nc2ccc(C(=O)O)cc2)n1. The minimum Gasteiger partial charge on any atom is -0.478 e. The Hall–Kier alpha value is -2.52. The van der Waals surface area contributed by atoms with Crippen LogP contribution in [-0.2, 0) is 0 Å². The number of aliphatic hydroxyl groups is 1. The summed E-state index contributed by atoms with van der Waals surface area (Å²) in [5, 5.41) is 22.0. The van der Waals surface area contributed by atoms with E-state index < -0.39 is 12.2 Å². The second kappa shape index (κ2) is 7.65. The third kappa shape index (κ3) is 5.31. The maximum atomic E-state index is 11.2. The number of nitrogens with zero attached hydrogens (tertiary/aromatic N) is 1. The molecule has 9 heteroatoms. The van der Waals surface area contributed by atoms with E-state index in [1.807, 2.05) is 0 Å². The Kier molecular flexibility index (Phi) is 5.61.